The van der Waals surface area contributed by atoms with Gasteiger partial charge in [0.15, 0.2) is 0 Å². The molecule has 0 heterocycles. The van der Waals surface area contributed by atoms with Gasteiger partial charge in [-0.15, -0.1) is 0 Å². The second kappa shape index (κ2) is 8.72. The molecule has 0 aromatic rings. The van der Waals surface area contributed by atoms with Crippen LogP contribution < -0.4 is 16.4 Å². The number of nitrogens with zero attached hydrogens (tertiary/aromatic N) is 1. The third kappa shape index (κ3) is 7.01. The Bertz CT molecular complexity index is 189. The van der Waals surface area contributed by atoms with Gasteiger partial charge in [0.1, 0.15) is 0 Å². The van der Waals surface area contributed by atoms with E-state index in [1.807, 2.05) is 0 Å². The molecule has 0 amide bonds. The summed E-state index contributed by atoms with van der Waals surface area (Å²) in [5.74, 6) is 0.710. The fourth-order valence-electron chi connectivity index (χ4n) is 0.717. The van der Waals surface area contributed by atoms with Gasteiger partial charge in [0.2, 0.25) is 5.96 Å². The molecule has 0 aliphatic heterocycles. The van der Waals surface area contributed by atoms with E-state index in [-0.39, 0.29) is 0 Å². The highest BCUT2D eigenvalue weighted by Gasteiger charge is 1.93. The molecule has 0 atom stereocenters. The van der Waals surface area contributed by atoms with Crippen molar-refractivity contribution >= 4 is 5.96 Å². The van der Waals surface area contributed by atoms with E-state index in [0.717, 1.165) is 25.9 Å². The SMILES string of the molecule is CCCNC(=NC#CN)NCCC. The van der Waals surface area contributed by atoms with Crippen LogP contribution in [0.25, 0.3) is 0 Å². The standard InChI is InChI=1S/C9H18N4/c1-3-6-11-9(12-7-4-2)13-8-5-10/h3-4,6-7,10H2,1-2H3,(H2,11,12,13). The molecule has 0 saturated carbocycles. The topological polar surface area (TPSA) is 62.4 Å². The lowest BCUT2D eigenvalue weighted by Gasteiger charge is -2.08. The van der Waals surface area contributed by atoms with Crippen LogP contribution in [0.3, 0.4) is 0 Å². The minimum Gasteiger partial charge on any atom is -0.358 e. The van der Waals surface area contributed by atoms with Gasteiger partial charge in [-0.1, -0.05) is 13.8 Å². The predicted octanol–water partition coefficient (Wildman–Crippen LogP) is 0.219. The summed E-state index contributed by atoms with van der Waals surface area (Å²) in [5, 5.41) is 6.24. The lowest BCUT2D eigenvalue weighted by Crippen LogP contribution is -2.37. The summed E-state index contributed by atoms with van der Waals surface area (Å²) in [7, 11) is 0. The quantitative estimate of drug-likeness (QED) is 0.252. The molecule has 0 aromatic heterocycles. The van der Waals surface area contributed by atoms with Crippen molar-refractivity contribution in [1.29, 1.82) is 0 Å². The second-order valence-corrected chi connectivity index (χ2v) is 2.57. The van der Waals surface area contributed by atoms with Gasteiger partial charge in [-0.25, -0.2) is 0 Å². The Morgan fingerprint density at radius 2 is 1.77 bits per heavy atom. The van der Waals surface area contributed by atoms with Crippen molar-refractivity contribution in [3.05, 3.63) is 0 Å². The zero-order valence-electron chi connectivity index (χ0n) is 8.35. The van der Waals surface area contributed by atoms with E-state index in [1.54, 1.807) is 0 Å². The summed E-state index contributed by atoms with van der Waals surface area (Å²) in [6.07, 6.45) is 2.12. The van der Waals surface area contributed by atoms with E-state index in [9.17, 15) is 0 Å². The summed E-state index contributed by atoms with van der Waals surface area (Å²) in [6, 6.07) is 4.69. The van der Waals surface area contributed by atoms with Crippen molar-refractivity contribution < 1.29 is 0 Å². The normalized spacial score (nSPS) is 8.15. The highest BCUT2D eigenvalue weighted by atomic mass is 15.2. The molecule has 74 valence electrons. The third-order valence-electron chi connectivity index (χ3n) is 1.32. The number of hydrogen-bond donors (Lipinski definition) is 3. The minimum absolute atomic E-state index is 0.710. The summed E-state index contributed by atoms with van der Waals surface area (Å²) in [5.41, 5.74) is 5.01. The maximum atomic E-state index is 5.01. The Balaban J connectivity index is 3.91. The summed E-state index contributed by atoms with van der Waals surface area (Å²) in [4.78, 5) is 3.93. The van der Waals surface area contributed by atoms with Crippen molar-refractivity contribution in [1.82, 2.24) is 10.6 Å². The first kappa shape index (κ1) is 11.6. The fraction of sp³-hybridized carbons (Fsp3) is 0.667. The number of guanidine groups is 1. The summed E-state index contributed by atoms with van der Waals surface area (Å²) >= 11 is 0. The lowest BCUT2D eigenvalue weighted by atomic mass is 10.5. The first-order valence-electron chi connectivity index (χ1n) is 4.61. The van der Waals surface area contributed by atoms with Crippen LogP contribution in [0.1, 0.15) is 26.7 Å². The largest absolute Gasteiger partial charge is 0.358 e. The van der Waals surface area contributed by atoms with Gasteiger partial charge in [0.25, 0.3) is 0 Å². The van der Waals surface area contributed by atoms with E-state index >= 15 is 0 Å². The summed E-state index contributed by atoms with van der Waals surface area (Å²) in [6.45, 7) is 5.97. The Hall–Kier alpha value is -1.37. The number of aliphatic imine (C=N–C) groups is 1. The third-order valence-corrected chi connectivity index (χ3v) is 1.32. The van der Waals surface area contributed by atoms with Gasteiger partial charge in [-0.2, -0.15) is 4.99 Å². The molecule has 0 radical (unpaired) electrons. The molecule has 0 saturated heterocycles. The Morgan fingerprint density at radius 3 is 2.15 bits per heavy atom. The fourth-order valence-corrected chi connectivity index (χ4v) is 0.717. The Kier molecular flexibility index (Phi) is 7.80. The van der Waals surface area contributed by atoms with E-state index in [4.69, 9.17) is 5.73 Å². The zero-order valence-corrected chi connectivity index (χ0v) is 8.35. The smallest absolute Gasteiger partial charge is 0.205 e. The zero-order chi connectivity index (χ0) is 9.94. The molecule has 0 fully saturated rings. The molecule has 13 heavy (non-hydrogen) atoms. The average molecular weight is 182 g/mol. The average Bonchev–Trinajstić information content (AvgIpc) is 2.17. The number of nitrogens with one attached hydrogen (secondary N) is 2. The van der Waals surface area contributed by atoms with Crippen LogP contribution in [0, 0.1) is 12.1 Å². The van der Waals surface area contributed by atoms with Gasteiger partial charge >= 0.3 is 0 Å². The minimum atomic E-state index is 0.710. The lowest BCUT2D eigenvalue weighted by molar-refractivity contribution is 0.767. The Morgan fingerprint density at radius 1 is 1.23 bits per heavy atom. The van der Waals surface area contributed by atoms with E-state index in [2.05, 4.69) is 41.6 Å². The van der Waals surface area contributed by atoms with E-state index in [1.165, 1.54) is 0 Å². The molecule has 0 aliphatic rings. The molecule has 0 aromatic carbocycles. The van der Waals surface area contributed by atoms with Crippen LogP contribution >= 0.6 is 0 Å². The predicted molar refractivity (Wildman–Crippen MR) is 56.0 cm³/mol. The molecule has 4 heteroatoms. The van der Waals surface area contributed by atoms with Crippen molar-refractivity contribution in [2.45, 2.75) is 26.7 Å². The van der Waals surface area contributed by atoms with Crippen LogP contribution in [-0.2, 0) is 0 Å². The van der Waals surface area contributed by atoms with Crippen molar-refractivity contribution in [3.8, 4) is 12.1 Å². The number of nitrogens with two attached hydrogens (primary N) is 1. The van der Waals surface area contributed by atoms with E-state index in [0.29, 0.717) is 5.96 Å². The maximum absolute atomic E-state index is 5.01. The highest BCUT2D eigenvalue weighted by molar-refractivity contribution is 5.80. The molecular weight excluding hydrogens is 164 g/mol. The van der Waals surface area contributed by atoms with Crippen molar-refractivity contribution in [3.63, 3.8) is 0 Å². The molecule has 0 unspecified atom stereocenters. The van der Waals surface area contributed by atoms with Gasteiger partial charge in [0.05, 0.1) is 6.04 Å². The monoisotopic (exact) mass is 182 g/mol. The summed E-state index contributed by atoms with van der Waals surface area (Å²) < 4.78 is 0. The van der Waals surface area contributed by atoms with Crippen molar-refractivity contribution in [2.75, 3.05) is 13.1 Å². The first-order valence-corrected chi connectivity index (χ1v) is 4.61. The molecular formula is C9H18N4. The van der Waals surface area contributed by atoms with Gasteiger partial charge in [-0.05, 0) is 12.8 Å². The second-order valence-electron chi connectivity index (χ2n) is 2.57. The van der Waals surface area contributed by atoms with Crippen LogP contribution in [0.4, 0.5) is 0 Å². The van der Waals surface area contributed by atoms with Crippen LogP contribution in [0.5, 0.6) is 0 Å². The van der Waals surface area contributed by atoms with Gasteiger partial charge < -0.3 is 16.4 Å². The molecule has 4 N–H and O–H groups in total. The van der Waals surface area contributed by atoms with Gasteiger partial charge in [0, 0.05) is 19.1 Å². The van der Waals surface area contributed by atoms with Crippen LogP contribution in [0.15, 0.2) is 4.99 Å². The highest BCUT2D eigenvalue weighted by Crippen LogP contribution is 1.75. The van der Waals surface area contributed by atoms with E-state index < -0.39 is 0 Å². The maximum Gasteiger partial charge on any atom is 0.205 e. The van der Waals surface area contributed by atoms with Crippen molar-refractivity contribution in [2.24, 2.45) is 10.7 Å². The van der Waals surface area contributed by atoms with Crippen LogP contribution in [-0.4, -0.2) is 19.0 Å². The molecule has 0 rings (SSSR count). The van der Waals surface area contributed by atoms with Crippen LogP contribution in [0.2, 0.25) is 0 Å². The number of rotatable bonds is 4. The number of hydrogen-bond acceptors (Lipinski definition) is 2. The first-order chi connectivity index (χ1) is 6.35. The Labute approximate surface area is 80.0 Å². The molecule has 0 spiro atoms. The van der Waals surface area contributed by atoms with Gasteiger partial charge in [-0.3, -0.25) is 0 Å². The molecule has 4 nitrogen and oxygen atoms in total. The molecule has 0 bridgehead atoms. The molecule has 0 aliphatic carbocycles.